The van der Waals surface area contributed by atoms with Gasteiger partial charge in [-0.25, -0.2) is 9.97 Å². The SMILES string of the molecule is COc1cc(N[C@@H](C)c2ccc(N3CCOCC3)cc2)ncn1. The van der Waals surface area contributed by atoms with E-state index in [-0.39, 0.29) is 6.04 Å². The summed E-state index contributed by atoms with van der Waals surface area (Å²) in [5.74, 6) is 1.30. The highest BCUT2D eigenvalue weighted by molar-refractivity contribution is 5.49. The normalized spacial score (nSPS) is 16.0. The monoisotopic (exact) mass is 314 g/mol. The van der Waals surface area contributed by atoms with E-state index in [4.69, 9.17) is 9.47 Å². The number of hydrogen-bond acceptors (Lipinski definition) is 6. The lowest BCUT2D eigenvalue weighted by molar-refractivity contribution is 0.122. The molecule has 0 spiro atoms. The van der Waals surface area contributed by atoms with Crippen LogP contribution < -0.4 is 15.0 Å². The van der Waals surface area contributed by atoms with Gasteiger partial charge >= 0.3 is 0 Å². The summed E-state index contributed by atoms with van der Waals surface area (Å²) >= 11 is 0. The first-order valence-electron chi connectivity index (χ1n) is 7.81. The molecule has 1 saturated heterocycles. The number of anilines is 2. The number of ether oxygens (including phenoxy) is 2. The molecule has 0 amide bonds. The first-order chi connectivity index (χ1) is 11.3. The Labute approximate surface area is 136 Å². The largest absolute Gasteiger partial charge is 0.481 e. The molecule has 0 aliphatic carbocycles. The van der Waals surface area contributed by atoms with Crippen LogP contribution in [0, 0.1) is 0 Å². The Kier molecular flexibility index (Phi) is 4.92. The van der Waals surface area contributed by atoms with E-state index in [1.54, 1.807) is 13.2 Å². The van der Waals surface area contributed by atoms with E-state index >= 15 is 0 Å². The van der Waals surface area contributed by atoms with Crippen molar-refractivity contribution in [1.29, 1.82) is 0 Å². The van der Waals surface area contributed by atoms with Gasteiger partial charge in [-0.3, -0.25) is 0 Å². The maximum Gasteiger partial charge on any atom is 0.218 e. The molecule has 1 aromatic heterocycles. The highest BCUT2D eigenvalue weighted by Gasteiger charge is 2.12. The lowest BCUT2D eigenvalue weighted by Crippen LogP contribution is -2.36. The van der Waals surface area contributed by atoms with E-state index in [9.17, 15) is 0 Å². The number of aromatic nitrogens is 2. The van der Waals surface area contributed by atoms with Gasteiger partial charge in [0.1, 0.15) is 12.1 Å². The van der Waals surface area contributed by atoms with Crippen LogP contribution >= 0.6 is 0 Å². The van der Waals surface area contributed by atoms with Crippen LogP contribution in [0.1, 0.15) is 18.5 Å². The van der Waals surface area contributed by atoms with Crippen LogP contribution in [0.15, 0.2) is 36.7 Å². The zero-order valence-electron chi connectivity index (χ0n) is 13.5. The molecule has 1 atom stereocenters. The van der Waals surface area contributed by atoms with Gasteiger partial charge in [0.05, 0.1) is 20.3 Å². The van der Waals surface area contributed by atoms with Gasteiger partial charge in [-0.15, -0.1) is 0 Å². The average Bonchev–Trinajstić information content (AvgIpc) is 2.63. The van der Waals surface area contributed by atoms with E-state index in [2.05, 4.69) is 51.4 Å². The standard InChI is InChI=1S/C17H22N4O2/c1-13(20-16-11-17(22-2)19-12-18-16)14-3-5-15(6-4-14)21-7-9-23-10-8-21/h3-6,11-13H,7-10H2,1-2H3,(H,18,19,20)/t13-/m0/s1. The van der Waals surface area contributed by atoms with Crippen LogP contribution in [0.4, 0.5) is 11.5 Å². The second kappa shape index (κ2) is 7.28. The van der Waals surface area contributed by atoms with Gasteiger partial charge in [-0.2, -0.15) is 0 Å². The molecular weight excluding hydrogens is 292 g/mol. The van der Waals surface area contributed by atoms with E-state index in [1.165, 1.54) is 17.6 Å². The first kappa shape index (κ1) is 15.6. The topological polar surface area (TPSA) is 59.5 Å². The molecule has 0 bridgehead atoms. The van der Waals surface area contributed by atoms with Crippen LogP contribution in [-0.2, 0) is 4.74 Å². The number of methoxy groups -OCH3 is 1. The zero-order valence-corrected chi connectivity index (χ0v) is 13.5. The quantitative estimate of drug-likeness (QED) is 0.915. The molecule has 1 aromatic carbocycles. The van der Waals surface area contributed by atoms with Crippen LogP contribution in [0.25, 0.3) is 0 Å². The second-order valence-electron chi connectivity index (χ2n) is 5.50. The number of hydrogen-bond donors (Lipinski definition) is 1. The van der Waals surface area contributed by atoms with E-state index in [1.807, 2.05) is 0 Å². The lowest BCUT2D eigenvalue weighted by atomic mass is 10.1. The molecule has 1 fully saturated rings. The Morgan fingerprint density at radius 3 is 2.61 bits per heavy atom. The Morgan fingerprint density at radius 1 is 1.17 bits per heavy atom. The lowest BCUT2D eigenvalue weighted by Gasteiger charge is -2.29. The third kappa shape index (κ3) is 3.90. The molecule has 3 rings (SSSR count). The fourth-order valence-corrected chi connectivity index (χ4v) is 2.63. The van der Waals surface area contributed by atoms with Gasteiger partial charge in [0.2, 0.25) is 5.88 Å². The van der Waals surface area contributed by atoms with Gasteiger partial charge in [0, 0.05) is 30.9 Å². The molecule has 122 valence electrons. The van der Waals surface area contributed by atoms with Crippen LogP contribution in [0.2, 0.25) is 0 Å². The van der Waals surface area contributed by atoms with Gasteiger partial charge in [-0.1, -0.05) is 12.1 Å². The molecule has 0 unspecified atom stereocenters. The zero-order chi connectivity index (χ0) is 16.1. The number of morpholine rings is 1. The minimum atomic E-state index is 0.147. The fraction of sp³-hybridized carbons (Fsp3) is 0.412. The van der Waals surface area contributed by atoms with E-state index < -0.39 is 0 Å². The summed E-state index contributed by atoms with van der Waals surface area (Å²) in [6.07, 6.45) is 1.50. The Bertz CT molecular complexity index is 627. The Balaban J connectivity index is 1.66. The van der Waals surface area contributed by atoms with Crippen LogP contribution in [0.3, 0.4) is 0 Å². The smallest absolute Gasteiger partial charge is 0.218 e. The van der Waals surface area contributed by atoms with Crippen molar-refractivity contribution in [3.8, 4) is 5.88 Å². The van der Waals surface area contributed by atoms with E-state index in [0.29, 0.717) is 5.88 Å². The van der Waals surface area contributed by atoms with E-state index in [0.717, 1.165) is 32.1 Å². The highest BCUT2D eigenvalue weighted by atomic mass is 16.5. The summed E-state index contributed by atoms with van der Waals surface area (Å²) in [6, 6.07) is 10.6. The van der Waals surface area contributed by atoms with Crippen LogP contribution in [-0.4, -0.2) is 43.4 Å². The fourth-order valence-electron chi connectivity index (χ4n) is 2.63. The summed E-state index contributed by atoms with van der Waals surface area (Å²) in [4.78, 5) is 10.6. The summed E-state index contributed by atoms with van der Waals surface area (Å²) in [6.45, 7) is 5.62. The van der Waals surface area contributed by atoms with Crippen molar-refractivity contribution in [3.05, 3.63) is 42.2 Å². The predicted octanol–water partition coefficient (Wildman–Crippen LogP) is 2.49. The molecular formula is C17H22N4O2. The summed E-state index contributed by atoms with van der Waals surface area (Å²) in [7, 11) is 1.60. The van der Waals surface area contributed by atoms with Crippen molar-refractivity contribution in [1.82, 2.24) is 9.97 Å². The maximum absolute atomic E-state index is 5.39. The molecule has 1 aliphatic heterocycles. The molecule has 2 aromatic rings. The summed E-state index contributed by atoms with van der Waals surface area (Å²) in [5.41, 5.74) is 2.45. The third-order valence-corrected chi connectivity index (χ3v) is 3.98. The minimum Gasteiger partial charge on any atom is -0.481 e. The molecule has 1 N–H and O–H groups in total. The van der Waals surface area contributed by atoms with Crippen LogP contribution in [0.5, 0.6) is 5.88 Å². The Hall–Kier alpha value is -2.34. The molecule has 1 aliphatic rings. The van der Waals surface area contributed by atoms with Gasteiger partial charge in [-0.05, 0) is 24.6 Å². The van der Waals surface area contributed by atoms with Gasteiger partial charge in [0.15, 0.2) is 0 Å². The van der Waals surface area contributed by atoms with Gasteiger partial charge < -0.3 is 19.7 Å². The predicted molar refractivity (Wildman–Crippen MR) is 90.1 cm³/mol. The van der Waals surface area contributed by atoms with Crippen molar-refractivity contribution in [2.24, 2.45) is 0 Å². The van der Waals surface area contributed by atoms with Crippen molar-refractivity contribution in [2.75, 3.05) is 43.6 Å². The molecule has 0 radical (unpaired) electrons. The Morgan fingerprint density at radius 2 is 1.91 bits per heavy atom. The molecule has 2 heterocycles. The highest BCUT2D eigenvalue weighted by Crippen LogP contribution is 2.23. The molecule has 6 heteroatoms. The third-order valence-electron chi connectivity index (χ3n) is 3.98. The molecule has 0 saturated carbocycles. The van der Waals surface area contributed by atoms with Crippen molar-refractivity contribution >= 4 is 11.5 Å². The second-order valence-corrected chi connectivity index (χ2v) is 5.50. The number of nitrogens with zero attached hydrogens (tertiary/aromatic N) is 3. The molecule has 23 heavy (non-hydrogen) atoms. The number of rotatable bonds is 5. The first-order valence-corrected chi connectivity index (χ1v) is 7.81. The minimum absolute atomic E-state index is 0.147. The van der Waals surface area contributed by atoms with Crippen molar-refractivity contribution in [2.45, 2.75) is 13.0 Å². The summed E-state index contributed by atoms with van der Waals surface area (Å²) < 4.78 is 10.5. The number of benzene rings is 1. The summed E-state index contributed by atoms with van der Waals surface area (Å²) in [5, 5.41) is 3.37. The van der Waals surface area contributed by atoms with Gasteiger partial charge in [0.25, 0.3) is 0 Å². The number of nitrogens with one attached hydrogen (secondary N) is 1. The van der Waals surface area contributed by atoms with Crippen molar-refractivity contribution < 1.29 is 9.47 Å². The molecule has 6 nitrogen and oxygen atoms in total. The average molecular weight is 314 g/mol. The van der Waals surface area contributed by atoms with Crippen molar-refractivity contribution in [3.63, 3.8) is 0 Å². The maximum atomic E-state index is 5.39.